The molecule has 0 bridgehead atoms. The summed E-state index contributed by atoms with van der Waals surface area (Å²) in [6, 6.07) is 4.68. The van der Waals surface area contributed by atoms with Crippen LogP contribution in [0.5, 0.6) is 11.5 Å². The third-order valence-electron chi connectivity index (χ3n) is 4.08. The van der Waals surface area contributed by atoms with Crippen molar-refractivity contribution in [1.29, 1.82) is 0 Å². The average Bonchev–Trinajstić information content (AvgIpc) is 2.71. The molecule has 9 heteroatoms. The predicted molar refractivity (Wildman–Crippen MR) is 106 cm³/mol. The number of ether oxygens (including phenoxy) is 3. The van der Waals surface area contributed by atoms with Gasteiger partial charge >= 0.3 is 0 Å². The molecule has 0 aliphatic carbocycles. The molecule has 0 aromatic heterocycles. The van der Waals surface area contributed by atoms with E-state index in [1.807, 2.05) is 20.8 Å². The minimum absolute atomic E-state index is 0.000522. The second kappa shape index (κ2) is 11.3. The van der Waals surface area contributed by atoms with Crippen LogP contribution in [0.2, 0.25) is 0 Å². The molecule has 1 aliphatic rings. The molecule has 3 amide bonds. The van der Waals surface area contributed by atoms with Crippen molar-refractivity contribution in [3.05, 3.63) is 23.8 Å². The van der Waals surface area contributed by atoms with Gasteiger partial charge in [-0.25, -0.2) is 0 Å². The molecule has 9 nitrogen and oxygen atoms in total. The zero-order valence-electron chi connectivity index (χ0n) is 17.2. The van der Waals surface area contributed by atoms with Crippen LogP contribution >= 0.6 is 0 Å². The lowest BCUT2D eigenvalue weighted by molar-refractivity contribution is -0.137. The van der Waals surface area contributed by atoms with Crippen molar-refractivity contribution in [2.75, 3.05) is 46.1 Å². The van der Waals surface area contributed by atoms with Crippen LogP contribution in [0.3, 0.4) is 0 Å². The van der Waals surface area contributed by atoms with Crippen molar-refractivity contribution in [3.63, 3.8) is 0 Å². The summed E-state index contributed by atoms with van der Waals surface area (Å²) in [6.07, 6.45) is 0. The third kappa shape index (κ3) is 7.26. The van der Waals surface area contributed by atoms with Gasteiger partial charge in [0.2, 0.25) is 5.91 Å². The summed E-state index contributed by atoms with van der Waals surface area (Å²) in [5.41, 5.74) is 0.331. The third-order valence-corrected chi connectivity index (χ3v) is 4.08. The molecule has 2 rings (SSSR count). The van der Waals surface area contributed by atoms with Crippen molar-refractivity contribution < 1.29 is 28.6 Å². The first kappa shape index (κ1) is 22.5. The number of benzene rings is 1. The molecule has 29 heavy (non-hydrogen) atoms. The van der Waals surface area contributed by atoms with E-state index in [1.165, 1.54) is 6.07 Å². The highest BCUT2D eigenvalue weighted by atomic mass is 16.5. The number of amides is 3. The molecule has 1 aromatic rings. The molecular weight excluding hydrogens is 378 g/mol. The molecule has 0 spiro atoms. The molecule has 0 radical (unpaired) electrons. The summed E-state index contributed by atoms with van der Waals surface area (Å²) in [5.74, 6) is -0.0568. The number of rotatable bonds is 9. The molecule has 0 atom stereocenters. The minimum atomic E-state index is -0.402. The summed E-state index contributed by atoms with van der Waals surface area (Å²) in [4.78, 5) is 37.9. The topological polar surface area (TPSA) is 106 Å². The first-order valence-corrected chi connectivity index (χ1v) is 9.73. The van der Waals surface area contributed by atoms with Crippen LogP contribution in [-0.4, -0.2) is 74.7 Å². The highest BCUT2D eigenvalue weighted by Crippen LogP contribution is 2.28. The van der Waals surface area contributed by atoms with Gasteiger partial charge in [0.05, 0.1) is 26.4 Å². The van der Waals surface area contributed by atoms with E-state index in [4.69, 9.17) is 14.2 Å². The number of nitrogens with one attached hydrogen (secondary N) is 2. The van der Waals surface area contributed by atoms with Gasteiger partial charge in [0, 0.05) is 24.7 Å². The summed E-state index contributed by atoms with van der Waals surface area (Å²) in [7, 11) is 0. The maximum atomic E-state index is 12.3. The molecular formula is C20H29N3O6. The van der Waals surface area contributed by atoms with Gasteiger partial charge < -0.3 is 29.7 Å². The van der Waals surface area contributed by atoms with Gasteiger partial charge in [-0.15, -0.1) is 0 Å². The summed E-state index contributed by atoms with van der Waals surface area (Å²) >= 11 is 0. The first-order valence-electron chi connectivity index (χ1n) is 9.73. The molecule has 2 N–H and O–H groups in total. The number of morpholine rings is 1. The molecule has 1 aromatic carbocycles. The first-order chi connectivity index (χ1) is 13.9. The van der Waals surface area contributed by atoms with Crippen LogP contribution < -0.4 is 20.1 Å². The predicted octanol–water partition coefficient (Wildman–Crippen LogP) is 0.577. The Kier molecular flexibility index (Phi) is 8.72. The Hall–Kier alpha value is -2.81. The van der Waals surface area contributed by atoms with Gasteiger partial charge in [-0.2, -0.15) is 0 Å². The number of hydrogen-bond acceptors (Lipinski definition) is 6. The van der Waals surface area contributed by atoms with Gasteiger partial charge in [0.25, 0.3) is 11.8 Å². The monoisotopic (exact) mass is 407 g/mol. The average molecular weight is 407 g/mol. The quantitative estimate of drug-likeness (QED) is 0.620. The van der Waals surface area contributed by atoms with E-state index in [1.54, 1.807) is 17.0 Å². The van der Waals surface area contributed by atoms with E-state index in [0.717, 1.165) is 0 Å². The normalized spacial score (nSPS) is 13.7. The number of hydrogen-bond donors (Lipinski definition) is 2. The van der Waals surface area contributed by atoms with Gasteiger partial charge in [-0.05, 0) is 39.0 Å². The SMILES string of the molecule is CCOc1cc(C(=O)NCC(=O)NC(C)C)ccc1OCC(=O)N1CCOCC1. The highest BCUT2D eigenvalue weighted by Gasteiger charge is 2.19. The standard InChI is InChI=1S/C20H29N3O6/c1-4-28-17-11-15(20(26)21-12-18(24)22-14(2)3)5-6-16(17)29-13-19(25)23-7-9-27-10-8-23/h5-6,11,14H,4,7-10,12-13H2,1-3H3,(H,21,26)(H,22,24). The summed E-state index contributed by atoms with van der Waals surface area (Å²) in [5, 5.41) is 5.27. The van der Waals surface area contributed by atoms with Crippen molar-refractivity contribution in [1.82, 2.24) is 15.5 Å². The minimum Gasteiger partial charge on any atom is -0.490 e. The zero-order chi connectivity index (χ0) is 21.2. The van der Waals surface area contributed by atoms with Gasteiger partial charge in [0.15, 0.2) is 18.1 Å². The van der Waals surface area contributed by atoms with Crippen molar-refractivity contribution in [2.45, 2.75) is 26.8 Å². The fraction of sp³-hybridized carbons (Fsp3) is 0.550. The Morgan fingerprint density at radius 3 is 2.52 bits per heavy atom. The Labute approximate surface area is 170 Å². The van der Waals surface area contributed by atoms with Crippen molar-refractivity contribution >= 4 is 17.7 Å². The Balaban J connectivity index is 1.96. The van der Waals surface area contributed by atoms with Crippen molar-refractivity contribution in [3.8, 4) is 11.5 Å². The van der Waals surface area contributed by atoms with E-state index < -0.39 is 5.91 Å². The van der Waals surface area contributed by atoms with Crippen LogP contribution in [0.4, 0.5) is 0 Å². The number of carbonyl (C=O) groups excluding carboxylic acids is 3. The molecule has 1 fully saturated rings. The fourth-order valence-electron chi connectivity index (χ4n) is 2.72. The summed E-state index contributed by atoms with van der Waals surface area (Å²) < 4.78 is 16.4. The Bertz CT molecular complexity index is 716. The lowest BCUT2D eigenvalue weighted by Crippen LogP contribution is -2.43. The number of nitrogens with zero attached hydrogens (tertiary/aromatic N) is 1. The van der Waals surface area contributed by atoms with Crippen LogP contribution in [0.1, 0.15) is 31.1 Å². The lowest BCUT2D eigenvalue weighted by atomic mass is 10.2. The van der Waals surface area contributed by atoms with E-state index in [2.05, 4.69) is 10.6 Å². The lowest BCUT2D eigenvalue weighted by Gasteiger charge is -2.26. The van der Waals surface area contributed by atoms with Crippen LogP contribution in [0, 0.1) is 0 Å². The highest BCUT2D eigenvalue weighted by molar-refractivity contribution is 5.97. The molecule has 160 valence electrons. The Morgan fingerprint density at radius 2 is 1.86 bits per heavy atom. The van der Waals surface area contributed by atoms with Crippen molar-refractivity contribution in [2.24, 2.45) is 0 Å². The molecule has 0 unspecified atom stereocenters. The van der Waals surface area contributed by atoms with E-state index in [0.29, 0.717) is 50.0 Å². The van der Waals surface area contributed by atoms with Crippen LogP contribution in [0.25, 0.3) is 0 Å². The zero-order valence-corrected chi connectivity index (χ0v) is 17.2. The largest absolute Gasteiger partial charge is 0.490 e. The van der Waals surface area contributed by atoms with Crippen LogP contribution in [-0.2, 0) is 14.3 Å². The smallest absolute Gasteiger partial charge is 0.260 e. The second-order valence-electron chi connectivity index (χ2n) is 6.78. The fourth-order valence-corrected chi connectivity index (χ4v) is 2.72. The molecule has 1 saturated heterocycles. The Morgan fingerprint density at radius 1 is 1.14 bits per heavy atom. The van der Waals surface area contributed by atoms with Gasteiger partial charge in [-0.3, -0.25) is 14.4 Å². The molecule has 1 aliphatic heterocycles. The maximum absolute atomic E-state index is 12.3. The van der Waals surface area contributed by atoms with Gasteiger partial charge in [-0.1, -0.05) is 0 Å². The maximum Gasteiger partial charge on any atom is 0.260 e. The molecule has 1 heterocycles. The summed E-state index contributed by atoms with van der Waals surface area (Å²) in [6.45, 7) is 7.76. The number of carbonyl (C=O) groups is 3. The van der Waals surface area contributed by atoms with E-state index in [9.17, 15) is 14.4 Å². The van der Waals surface area contributed by atoms with E-state index in [-0.39, 0.29) is 31.0 Å². The second-order valence-corrected chi connectivity index (χ2v) is 6.78. The van der Waals surface area contributed by atoms with E-state index >= 15 is 0 Å². The van der Waals surface area contributed by atoms with Gasteiger partial charge in [0.1, 0.15) is 0 Å². The van der Waals surface area contributed by atoms with Crippen LogP contribution in [0.15, 0.2) is 18.2 Å². The molecule has 0 saturated carbocycles.